The number of carboxylic acids is 1. The van der Waals surface area contributed by atoms with Gasteiger partial charge in [-0.15, -0.1) is 37.2 Å². The van der Waals surface area contributed by atoms with Gasteiger partial charge in [0.15, 0.2) is 0 Å². The van der Waals surface area contributed by atoms with Crippen LogP contribution in [-0.2, 0) is 17.8 Å². The third-order valence-electron chi connectivity index (χ3n) is 7.63. The number of ether oxygens (including phenoxy) is 1. The number of hydrogen-bond donors (Lipinski definition) is 1. The Balaban J connectivity index is 0.00000181. The lowest BCUT2D eigenvalue weighted by molar-refractivity contribution is -0.155. The normalized spacial score (nSPS) is 21.6. The average Bonchev–Trinajstić information content (AvgIpc) is 2.77. The molecule has 3 aliphatic heterocycles. The number of benzene rings is 1. The van der Waals surface area contributed by atoms with Gasteiger partial charge in [-0.2, -0.15) is 0 Å². The molecule has 2 saturated heterocycles. The first-order valence-corrected chi connectivity index (χ1v) is 11.6. The van der Waals surface area contributed by atoms with E-state index in [0.29, 0.717) is 18.9 Å². The molecule has 0 unspecified atom stereocenters. The maximum atomic E-state index is 12.2. The van der Waals surface area contributed by atoms with Crippen LogP contribution in [0.15, 0.2) is 18.2 Å². The number of hydrogen-bond acceptors (Lipinski definition) is 5. The summed E-state index contributed by atoms with van der Waals surface area (Å²) in [5.41, 5.74) is 1.92. The van der Waals surface area contributed by atoms with Crippen molar-refractivity contribution in [3.05, 3.63) is 29.3 Å². The fraction of sp³-hybridized carbons (Fsp3) is 0.708. The minimum atomic E-state index is -0.771. The summed E-state index contributed by atoms with van der Waals surface area (Å²) in [5.74, 6) is 0.0969. The number of nitrogens with zero attached hydrogens (tertiary/aromatic N) is 3. The van der Waals surface area contributed by atoms with Gasteiger partial charge >= 0.3 is 5.97 Å². The molecule has 0 spiro atoms. The number of aliphatic carboxylic acids is 1. The summed E-state index contributed by atoms with van der Waals surface area (Å²) in [6.07, 6.45) is 4.81. The van der Waals surface area contributed by atoms with Crippen molar-refractivity contribution in [2.24, 2.45) is 5.41 Å². The van der Waals surface area contributed by atoms with E-state index in [0.717, 1.165) is 44.9 Å². The summed E-state index contributed by atoms with van der Waals surface area (Å²) < 4.78 is 6.10. The third-order valence-corrected chi connectivity index (χ3v) is 7.63. The molecule has 1 aromatic rings. The zero-order valence-electron chi connectivity index (χ0n) is 19.8. The third kappa shape index (κ3) is 7.12. The average molecular weight is 525 g/mol. The minimum absolute atomic E-state index is 0. The van der Waals surface area contributed by atoms with Crippen LogP contribution in [0.25, 0.3) is 0 Å². The second kappa shape index (κ2) is 13.4. The Kier molecular flexibility index (Phi) is 12.3. The molecule has 0 radical (unpaired) electrons. The Labute approximate surface area is 217 Å². The Hall–Kier alpha value is -0.760. The predicted molar refractivity (Wildman–Crippen MR) is 140 cm³/mol. The van der Waals surface area contributed by atoms with Crippen LogP contribution in [0.4, 0.5) is 0 Å². The summed E-state index contributed by atoms with van der Waals surface area (Å²) in [7, 11) is 2.13. The molecule has 190 valence electrons. The molecule has 0 saturated carbocycles. The van der Waals surface area contributed by atoms with Gasteiger partial charge in [0.1, 0.15) is 17.8 Å². The van der Waals surface area contributed by atoms with Crippen LogP contribution < -0.4 is 4.74 Å². The summed E-state index contributed by atoms with van der Waals surface area (Å²) in [4.78, 5) is 19.6. The first kappa shape index (κ1) is 30.3. The molecule has 2 fully saturated rings. The van der Waals surface area contributed by atoms with Gasteiger partial charge in [0.2, 0.25) is 0 Å². The molecule has 9 heteroatoms. The van der Waals surface area contributed by atoms with Gasteiger partial charge in [-0.05, 0) is 95.1 Å². The molecule has 4 rings (SSSR count). The highest BCUT2D eigenvalue weighted by molar-refractivity contribution is 5.86. The molecular formula is C24H40Cl3N3O3. The summed E-state index contributed by atoms with van der Waals surface area (Å²) >= 11 is 0. The minimum Gasteiger partial charge on any atom is -0.492 e. The Morgan fingerprint density at radius 1 is 1.06 bits per heavy atom. The molecule has 0 aliphatic carbocycles. The van der Waals surface area contributed by atoms with E-state index < -0.39 is 11.4 Å². The van der Waals surface area contributed by atoms with Gasteiger partial charge in [0.25, 0.3) is 0 Å². The van der Waals surface area contributed by atoms with E-state index in [9.17, 15) is 9.90 Å². The van der Waals surface area contributed by atoms with Gasteiger partial charge in [0.05, 0.1) is 0 Å². The van der Waals surface area contributed by atoms with E-state index >= 15 is 0 Å². The van der Waals surface area contributed by atoms with E-state index in [2.05, 4.69) is 40.8 Å². The second-order valence-electron chi connectivity index (χ2n) is 9.49. The fourth-order valence-corrected chi connectivity index (χ4v) is 5.32. The second-order valence-corrected chi connectivity index (χ2v) is 9.49. The molecule has 33 heavy (non-hydrogen) atoms. The van der Waals surface area contributed by atoms with Crippen molar-refractivity contribution in [2.45, 2.75) is 51.6 Å². The van der Waals surface area contributed by atoms with Gasteiger partial charge in [-0.3, -0.25) is 4.79 Å². The van der Waals surface area contributed by atoms with Crippen LogP contribution in [0.5, 0.6) is 5.75 Å². The highest BCUT2D eigenvalue weighted by Gasteiger charge is 2.43. The maximum absolute atomic E-state index is 12.2. The van der Waals surface area contributed by atoms with Crippen LogP contribution in [0.2, 0.25) is 0 Å². The van der Waals surface area contributed by atoms with Crippen molar-refractivity contribution in [3.63, 3.8) is 0 Å². The number of rotatable bonds is 6. The molecule has 1 N–H and O–H groups in total. The Morgan fingerprint density at radius 3 is 2.33 bits per heavy atom. The van der Waals surface area contributed by atoms with Crippen LogP contribution in [0.3, 0.4) is 0 Å². The monoisotopic (exact) mass is 523 g/mol. The molecule has 3 heterocycles. The fourth-order valence-electron chi connectivity index (χ4n) is 5.32. The molecule has 1 aromatic carbocycles. The SMILES string of the molecule is CCN1CCC(N2CCC(COc3ccc4c(c3)CN(C)CC4)(C(=O)O)CC2)CC1.Cl.Cl.Cl. The first-order chi connectivity index (χ1) is 14.5. The number of piperidine rings is 2. The highest BCUT2D eigenvalue weighted by Crippen LogP contribution is 2.35. The molecule has 0 atom stereocenters. The number of carbonyl (C=O) groups is 1. The zero-order valence-corrected chi connectivity index (χ0v) is 22.3. The van der Waals surface area contributed by atoms with Crippen LogP contribution in [-0.4, -0.2) is 84.7 Å². The topological polar surface area (TPSA) is 56.2 Å². The van der Waals surface area contributed by atoms with Crippen molar-refractivity contribution in [3.8, 4) is 5.75 Å². The van der Waals surface area contributed by atoms with Gasteiger partial charge in [-0.1, -0.05) is 13.0 Å². The number of carboxylic acid groups (broad SMARTS) is 1. The van der Waals surface area contributed by atoms with Crippen molar-refractivity contribution >= 4 is 43.2 Å². The number of likely N-dealkylation sites (tertiary alicyclic amines) is 2. The van der Waals surface area contributed by atoms with Gasteiger partial charge < -0.3 is 24.5 Å². The molecule has 0 aromatic heterocycles. The quantitative estimate of drug-likeness (QED) is 0.608. The van der Waals surface area contributed by atoms with Crippen molar-refractivity contribution in [2.75, 3.05) is 52.9 Å². The van der Waals surface area contributed by atoms with Crippen molar-refractivity contribution in [1.29, 1.82) is 0 Å². The number of halogens is 3. The molecule has 6 nitrogen and oxygen atoms in total. The Bertz CT molecular complexity index is 752. The van der Waals surface area contributed by atoms with Gasteiger partial charge in [0, 0.05) is 19.1 Å². The van der Waals surface area contributed by atoms with E-state index in [1.54, 1.807) is 0 Å². The van der Waals surface area contributed by atoms with Crippen LogP contribution in [0, 0.1) is 5.41 Å². The lowest BCUT2D eigenvalue weighted by Crippen LogP contribution is -2.52. The smallest absolute Gasteiger partial charge is 0.313 e. The van der Waals surface area contributed by atoms with Gasteiger partial charge in [-0.25, -0.2) is 0 Å². The molecule has 0 amide bonds. The van der Waals surface area contributed by atoms with Crippen LogP contribution in [0.1, 0.15) is 43.7 Å². The first-order valence-electron chi connectivity index (χ1n) is 11.6. The van der Waals surface area contributed by atoms with Crippen molar-refractivity contribution < 1.29 is 14.6 Å². The van der Waals surface area contributed by atoms with E-state index in [1.165, 1.54) is 37.1 Å². The van der Waals surface area contributed by atoms with E-state index in [1.807, 2.05) is 6.07 Å². The Morgan fingerprint density at radius 2 is 1.73 bits per heavy atom. The number of likely N-dealkylation sites (N-methyl/N-ethyl adjacent to an activating group) is 1. The summed E-state index contributed by atoms with van der Waals surface area (Å²) in [6, 6.07) is 6.88. The zero-order chi connectivity index (χ0) is 21.1. The maximum Gasteiger partial charge on any atom is 0.313 e. The highest BCUT2D eigenvalue weighted by atomic mass is 35.5. The van der Waals surface area contributed by atoms with Crippen LogP contribution >= 0.6 is 37.2 Å². The molecule has 3 aliphatic rings. The largest absolute Gasteiger partial charge is 0.492 e. The summed E-state index contributed by atoms with van der Waals surface area (Å²) in [5, 5.41) is 10.0. The molecular weight excluding hydrogens is 485 g/mol. The van der Waals surface area contributed by atoms with Crippen molar-refractivity contribution in [1.82, 2.24) is 14.7 Å². The van der Waals surface area contributed by atoms with E-state index in [-0.39, 0.29) is 43.8 Å². The predicted octanol–water partition coefficient (Wildman–Crippen LogP) is 3.97. The lowest BCUT2D eigenvalue weighted by atomic mass is 9.78. The standard InChI is InChI=1S/C24H37N3O3.3ClH/c1-3-26-12-7-21(8-13-26)27-14-9-24(10-15-27,23(28)29)18-30-22-5-4-19-6-11-25(2)17-20(19)16-22;;;/h4-5,16,21H,3,6-15,17-18H2,1-2H3,(H,28,29);3*1H. The number of fused-ring (bicyclic) bond motifs is 1. The summed E-state index contributed by atoms with van der Waals surface area (Å²) in [6.45, 7) is 9.69. The van der Waals surface area contributed by atoms with E-state index in [4.69, 9.17) is 4.74 Å². The molecule has 0 bridgehead atoms. The lowest BCUT2D eigenvalue weighted by Gasteiger charge is -2.44.